The lowest BCUT2D eigenvalue weighted by Crippen LogP contribution is -2.18. The number of carbonyl (C=O) groups excluding carboxylic acids is 1. The Kier molecular flexibility index (Phi) is 9.25. The highest BCUT2D eigenvalue weighted by molar-refractivity contribution is 6.06. The van der Waals surface area contributed by atoms with E-state index in [2.05, 4.69) is 17.6 Å². The first kappa shape index (κ1) is 19.7. The van der Waals surface area contributed by atoms with Crippen LogP contribution in [0.4, 0.5) is 5.69 Å². The Labute approximate surface area is 144 Å². The van der Waals surface area contributed by atoms with Gasteiger partial charge in [0.1, 0.15) is 11.6 Å². The second-order valence-corrected chi connectivity index (χ2v) is 5.72. The SMILES string of the molecule is CCCCOCCCN/C=C(/C#N)C(=O)Nc1ccc(C)cc1C. The van der Waals surface area contributed by atoms with Crippen LogP contribution in [0.2, 0.25) is 0 Å². The summed E-state index contributed by atoms with van der Waals surface area (Å²) in [6.07, 6.45) is 4.50. The number of benzene rings is 1. The smallest absolute Gasteiger partial charge is 0.267 e. The van der Waals surface area contributed by atoms with Crippen molar-refractivity contribution in [3.05, 3.63) is 41.1 Å². The normalized spacial score (nSPS) is 11.0. The molecule has 5 nitrogen and oxygen atoms in total. The molecule has 0 fully saturated rings. The lowest BCUT2D eigenvalue weighted by atomic mass is 10.1. The van der Waals surface area contributed by atoms with Gasteiger partial charge in [0, 0.05) is 31.6 Å². The first-order chi connectivity index (χ1) is 11.6. The molecule has 0 aliphatic carbocycles. The van der Waals surface area contributed by atoms with Gasteiger partial charge in [-0.15, -0.1) is 0 Å². The summed E-state index contributed by atoms with van der Waals surface area (Å²) in [5.41, 5.74) is 2.88. The van der Waals surface area contributed by atoms with Crippen LogP contribution in [0.5, 0.6) is 0 Å². The fourth-order valence-electron chi connectivity index (χ4n) is 2.09. The van der Waals surface area contributed by atoms with Gasteiger partial charge >= 0.3 is 0 Å². The molecule has 0 radical (unpaired) electrons. The first-order valence-electron chi connectivity index (χ1n) is 8.38. The Balaban J connectivity index is 2.41. The van der Waals surface area contributed by atoms with E-state index < -0.39 is 5.91 Å². The number of rotatable bonds is 10. The van der Waals surface area contributed by atoms with Crippen molar-refractivity contribution < 1.29 is 9.53 Å². The van der Waals surface area contributed by atoms with Crippen molar-refractivity contribution in [1.82, 2.24) is 5.32 Å². The minimum atomic E-state index is -0.406. The lowest BCUT2D eigenvalue weighted by molar-refractivity contribution is -0.112. The summed E-state index contributed by atoms with van der Waals surface area (Å²) >= 11 is 0. The molecule has 1 rings (SSSR count). The van der Waals surface area contributed by atoms with Crippen LogP contribution >= 0.6 is 0 Å². The zero-order valence-corrected chi connectivity index (χ0v) is 14.8. The maximum Gasteiger partial charge on any atom is 0.267 e. The average Bonchev–Trinajstić information content (AvgIpc) is 2.56. The van der Waals surface area contributed by atoms with Gasteiger partial charge in [0.25, 0.3) is 5.91 Å². The van der Waals surface area contributed by atoms with Crippen LogP contribution in [-0.4, -0.2) is 25.7 Å². The highest BCUT2D eigenvalue weighted by Gasteiger charge is 2.10. The van der Waals surface area contributed by atoms with E-state index in [1.54, 1.807) is 0 Å². The summed E-state index contributed by atoms with van der Waals surface area (Å²) in [5, 5.41) is 14.9. The number of anilines is 1. The number of nitrogens with one attached hydrogen (secondary N) is 2. The molecule has 1 aromatic carbocycles. The van der Waals surface area contributed by atoms with E-state index in [1.165, 1.54) is 6.20 Å². The number of ether oxygens (including phenoxy) is 1. The summed E-state index contributed by atoms with van der Waals surface area (Å²) in [6.45, 7) is 8.17. The molecule has 0 heterocycles. The van der Waals surface area contributed by atoms with Crippen LogP contribution in [0.3, 0.4) is 0 Å². The summed E-state index contributed by atoms with van der Waals surface area (Å²) < 4.78 is 5.45. The molecule has 24 heavy (non-hydrogen) atoms. The quantitative estimate of drug-likeness (QED) is 0.392. The summed E-state index contributed by atoms with van der Waals surface area (Å²) in [7, 11) is 0. The van der Waals surface area contributed by atoms with Gasteiger partial charge < -0.3 is 15.4 Å². The molecule has 0 bridgehead atoms. The third-order valence-electron chi connectivity index (χ3n) is 3.49. The van der Waals surface area contributed by atoms with E-state index in [0.717, 1.165) is 42.7 Å². The number of nitrogens with zero attached hydrogens (tertiary/aromatic N) is 1. The van der Waals surface area contributed by atoms with Gasteiger partial charge in [0.2, 0.25) is 0 Å². The summed E-state index contributed by atoms with van der Waals surface area (Å²) in [6, 6.07) is 7.69. The topological polar surface area (TPSA) is 74.1 Å². The van der Waals surface area contributed by atoms with Gasteiger partial charge in [-0.2, -0.15) is 5.26 Å². The van der Waals surface area contributed by atoms with Crippen molar-refractivity contribution >= 4 is 11.6 Å². The molecular formula is C19H27N3O2. The van der Waals surface area contributed by atoms with Crippen LogP contribution < -0.4 is 10.6 Å². The zero-order valence-electron chi connectivity index (χ0n) is 14.8. The van der Waals surface area contributed by atoms with Crippen molar-refractivity contribution in [3.8, 4) is 6.07 Å². The number of aryl methyl sites for hydroxylation is 2. The van der Waals surface area contributed by atoms with Gasteiger partial charge in [0.15, 0.2) is 0 Å². The molecule has 5 heteroatoms. The Morgan fingerprint density at radius 2 is 2.04 bits per heavy atom. The van der Waals surface area contributed by atoms with Crippen molar-refractivity contribution in [2.45, 2.75) is 40.0 Å². The minimum Gasteiger partial charge on any atom is -0.390 e. The van der Waals surface area contributed by atoms with Gasteiger partial charge in [-0.05, 0) is 38.3 Å². The molecule has 1 aromatic rings. The summed E-state index contributed by atoms with van der Waals surface area (Å²) in [4.78, 5) is 12.2. The standard InChI is InChI=1S/C19H27N3O2/c1-4-5-10-24-11-6-9-21-14-17(13-20)19(23)22-18-8-7-15(2)12-16(18)3/h7-8,12,14,21H,4-6,9-11H2,1-3H3,(H,22,23)/b17-14-. The molecule has 130 valence electrons. The third kappa shape index (κ3) is 7.30. The summed E-state index contributed by atoms with van der Waals surface area (Å²) in [5.74, 6) is -0.406. The van der Waals surface area contributed by atoms with Crippen molar-refractivity contribution in [2.24, 2.45) is 0 Å². The van der Waals surface area contributed by atoms with Crippen molar-refractivity contribution in [2.75, 3.05) is 25.1 Å². The van der Waals surface area contributed by atoms with E-state index in [9.17, 15) is 4.79 Å². The van der Waals surface area contributed by atoms with Crippen molar-refractivity contribution in [3.63, 3.8) is 0 Å². The van der Waals surface area contributed by atoms with Crippen LogP contribution in [0.25, 0.3) is 0 Å². The largest absolute Gasteiger partial charge is 0.390 e. The molecule has 0 saturated heterocycles. The molecule has 0 saturated carbocycles. The molecule has 0 atom stereocenters. The van der Waals surface area contributed by atoms with Crippen molar-refractivity contribution in [1.29, 1.82) is 5.26 Å². The van der Waals surface area contributed by atoms with E-state index in [0.29, 0.717) is 13.2 Å². The maximum absolute atomic E-state index is 12.2. The number of amides is 1. The monoisotopic (exact) mass is 329 g/mol. The second kappa shape index (κ2) is 11.3. The number of hydrogen-bond donors (Lipinski definition) is 2. The van der Waals surface area contributed by atoms with Crippen LogP contribution in [0.1, 0.15) is 37.3 Å². The average molecular weight is 329 g/mol. The highest BCUT2D eigenvalue weighted by Crippen LogP contribution is 2.16. The van der Waals surface area contributed by atoms with Gasteiger partial charge in [0.05, 0.1) is 0 Å². The number of hydrogen-bond acceptors (Lipinski definition) is 4. The van der Waals surface area contributed by atoms with Gasteiger partial charge in [-0.1, -0.05) is 31.0 Å². The molecule has 0 aliphatic heterocycles. The Bertz CT molecular complexity index is 603. The maximum atomic E-state index is 12.2. The molecular weight excluding hydrogens is 302 g/mol. The third-order valence-corrected chi connectivity index (χ3v) is 3.49. The Hall–Kier alpha value is -2.32. The molecule has 2 N–H and O–H groups in total. The predicted octanol–water partition coefficient (Wildman–Crippen LogP) is 3.45. The van der Waals surface area contributed by atoms with Crippen LogP contribution in [-0.2, 0) is 9.53 Å². The zero-order chi connectivity index (χ0) is 17.8. The number of nitriles is 1. The van der Waals surface area contributed by atoms with Gasteiger partial charge in [-0.25, -0.2) is 0 Å². The van der Waals surface area contributed by atoms with E-state index in [4.69, 9.17) is 10.00 Å². The van der Waals surface area contributed by atoms with E-state index in [1.807, 2.05) is 38.1 Å². The minimum absolute atomic E-state index is 0.0573. The molecule has 1 amide bonds. The van der Waals surface area contributed by atoms with E-state index in [-0.39, 0.29) is 5.57 Å². The Morgan fingerprint density at radius 1 is 1.29 bits per heavy atom. The van der Waals surface area contributed by atoms with Gasteiger partial charge in [-0.3, -0.25) is 4.79 Å². The molecule has 0 spiro atoms. The molecule has 0 aromatic heterocycles. The Morgan fingerprint density at radius 3 is 2.71 bits per heavy atom. The molecule has 0 unspecified atom stereocenters. The molecule has 0 aliphatic rings. The highest BCUT2D eigenvalue weighted by atomic mass is 16.5. The lowest BCUT2D eigenvalue weighted by Gasteiger charge is -2.09. The number of carbonyl (C=O) groups is 1. The van der Waals surface area contributed by atoms with Crippen LogP contribution in [0.15, 0.2) is 30.0 Å². The van der Waals surface area contributed by atoms with Crippen LogP contribution in [0, 0.1) is 25.2 Å². The second-order valence-electron chi connectivity index (χ2n) is 5.72. The first-order valence-corrected chi connectivity index (χ1v) is 8.38. The predicted molar refractivity (Wildman–Crippen MR) is 96.6 cm³/mol. The number of unbranched alkanes of at least 4 members (excludes halogenated alkanes) is 1. The fraction of sp³-hybridized carbons (Fsp3) is 0.474. The fourth-order valence-corrected chi connectivity index (χ4v) is 2.09. The van der Waals surface area contributed by atoms with E-state index >= 15 is 0 Å².